The molecule has 0 N–H and O–H groups in total. The Kier molecular flexibility index (Phi) is 1.44. The Morgan fingerprint density at radius 1 is 1.30 bits per heavy atom. The predicted octanol–water partition coefficient (Wildman–Crippen LogP) is -0.206. The molecule has 3 heteroatoms. The van der Waals surface area contributed by atoms with Crippen molar-refractivity contribution in [2.24, 2.45) is 5.92 Å². The lowest BCUT2D eigenvalue weighted by Gasteiger charge is -2.15. The van der Waals surface area contributed by atoms with Crippen molar-refractivity contribution in [1.29, 1.82) is 0 Å². The second-order valence-corrected chi connectivity index (χ2v) is 3.39. The SMILES string of the molecule is CN1CC2CON(C)C2C1. The summed E-state index contributed by atoms with van der Waals surface area (Å²) in [6, 6.07) is 0.657. The Balaban J connectivity index is 2.05. The highest BCUT2D eigenvalue weighted by atomic mass is 16.7. The van der Waals surface area contributed by atoms with Crippen LogP contribution >= 0.6 is 0 Å². The number of nitrogens with zero attached hydrogens (tertiary/aromatic N) is 2. The molecule has 2 atom stereocenters. The molecule has 3 nitrogen and oxygen atoms in total. The van der Waals surface area contributed by atoms with Crippen molar-refractivity contribution < 1.29 is 4.84 Å². The predicted molar refractivity (Wildman–Crippen MR) is 38.5 cm³/mol. The first-order chi connectivity index (χ1) is 4.77. The van der Waals surface area contributed by atoms with Crippen LogP contribution in [0.5, 0.6) is 0 Å². The molecule has 0 spiro atoms. The number of rotatable bonds is 0. The van der Waals surface area contributed by atoms with Crippen LogP contribution in [-0.4, -0.2) is 49.8 Å². The fourth-order valence-electron chi connectivity index (χ4n) is 1.95. The molecule has 0 aromatic rings. The maximum atomic E-state index is 5.37. The van der Waals surface area contributed by atoms with E-state index in [1.807, 2.05) is 12.1 Å². The lowest BCUT2D eigenvalue weighted by atomic mass is 10.1. The maximum absolute atomic E-state index is 5.37. The molecule has 2 aliphatic rings. The molecular weight excluding hydrogens is 128 g/mol. The molecule has 0 bridgehead atoms. The van der Waals surface area contributed by atoms with Crippen LogP contribution in [0.4, 0.5) is 0 Å². The van der Waals surface area contributed by atoms with Crippen molar-refractivity contribution in [3.8, 4) is 0 Å². The Labute approximate surface area is 61.5 Å². The molecular formula is C7H14N2O. The van der Waals surface area contributed by atoms with Crippen LogP contribution in [0.25, 0.3) is 0 Å². The molecule has 2 rings (SSSR count). The van der Waals surface area contributed by atoms with Gasteiger partial charge in [0.25, 0.3) is 0 Å². The molecule has 2 unspecified atom stereocenters. The Morgan fingerprint density at radius 3 is 2.80 bits per heavy atom. The van der Waals surface area contributed by atoms with Crippen molar-refractivity contribution in [2.75, 3.05) is 33.8 Å². The zero-order valence-corrected chi connectivity index (χ0v) is 6.58. The molecule has 0 saturated carbocycles. The van der Waals surface area contributed by atoms with Gasteiger partial charge in [-0.25, -0.2) is 0 Å². The molecule has 2 heterocycles. The van der Waals surface area contributed by atoms with Gasteiger partial charge in [-0.1, -0.05) is 0 Å². The van der Waals surface area contributed by atoms with Crippen molar-refractivity contribution in [3.05, 3.63) is 0 Å². The maximum Gasteiger partial charge on any atom is 0.0741 e. The zero-order chi connectivity index (χ0) is 7.14. The number of likely N-dealkylation sites (tertiary alicyclic amines) is 1. The average Bonchev–Trinajstić information content (AvgIpc) is 2.35. The van der Waals surface area contributed by atoms with E-state index in [2.05, 4.69) is 11.9 Å². The molecule has 0 radical (unpaired) electrons. The van der Waals surface area contributed by atoms with Crippen molar-refractivity contribution in [1.82, 2.24) is 9.96 Å². The zero-order valence-electron chi connectivity index (χ0n) is 6.58. The van der Waals surface area contributed by atoms with Gasteiger partial charge in [-0.15, -0.1) is 0 Å². The van der Waals surface area contributed by atoms with Gasteiger partial charge in [0.1, 0.15) is 0 Å². The number of hydroxylamine groups is 2. The number of hydrogen-bond acceptors (Lipinski definition) is 3. The molecule has 0 aromatic carbocycles. The second kappa shape index (κ2) is 2.19. The molecule has 58 valence electrons. The largest absolute Gasteiger partial charge is 0.304 e. The third kappa shape index (κ3) is 0.856. The first kappa shape index (κ1) is 6.58. The van der Waals surface area contributed by atoms with Crippen LogP contribution in [0, 0.1) is 5.92 Å². The highest BCUT2D eigenvalue weighted by Gasteiger charge is 2.39. The summed E-state index contributed by atoms with van der Waals surface area (Å²) in [5.41, 5.74) is 0. The van der Waals surface area contributed by atoms with E-state index in [0.717, 1.165) is 12.5 Å². The minimum Gasteiger partial charge on any atom is -0.304 e. The summed E-state index contributed by atoms with van der Waals surface area (Å²) >= 11 is 0. The molecule has 2 aliphatic heterocycles. The van der Waals surface area contributed by atoms with Crippen LogP contribution in [0.15, 0.2) is 0 Å². The number of hydrogen-bond donors (Lipinski definition) is 0. The van der Waals surface area contributed by atoms with Gasteiger partial charge < -0.3 is 4.90 Å². The van der Waals surface area contributed by atoms with Gasteiger partial charge in [0.15, 0.2) is 0 Å². The van der Waals surface area contributed by atoms with E-state index in [1.165, 1.54) is 13.1 Å². The summed E-state index contributed by atoms with van der Waals surface area (Å²) in [4.78, 5) is 7.74. The Morgan fingerprint density at radius 2 is 2.10 bits per heavy atom. The van der Waals surface area contributed by atoms with E-state index in [1.54, 1.807) is 0 Å². The summed E-state index contributed by atoms with van der Waals surface area (Å²) in [5, 5.41) is 2.01. The van der Waals surface area contributed by atoms with Gasteiger partial charge in [0, 0.05) is 26.1 Å². The average molecular weight is 142 g/mol. The van der Waals surface area contributed by atoms with Crippen LogP contribution in [-0.2, 0) is 4.84 Å². The van der Waals surface area contributed by atoms with Crippen molar-refractivity contribution in [2.45, 2.75) is 6.04 Å². The van der Waals surface area contributed by atoms with E-state index >= 15 is 0 Å². The van der Waals surface area contributed by atoms with E-state index in [-0.39, 0.29) is 0 Å². The molecule has 10 heavy (non-hydrogen) atoms. The minimum absolute atomic E-state index is 0.657. The molecule has 0 aromatic heterocycles. The van der Waals surface area contributed by atoms with Crippen LogP contribution in [0.1, 0.15) is 0 Å². The standard InChI is InChI=1S/C7H14N2O/c1-8-3-6-5-10-9(2)7(6)4-8/h6-7H,3-5H2,1-2H3. The van der Waals surface area contributed by atoms with E-state index < -0.39 is 0 Å². The van der Waals surface area contributed by atoms with Gasteiger partial charge in [-0.2, -0.15) is 5.06 Å². The Hall–Kier alpha value is -0.120. The highest BCUT2D eigenvalue weighted by molar-refractivity contribution is 4.89. The molecule has 0 aliphatic carbocycles. The van der Waals surface area contributed by atoms with Crippen LogP contribution in [0.2, 0.25) is 0 Å². The molecule has 2 fully saturated rings. The molecule has 0 amide bonds. The number of fused-ring (bicyclic) bond motifs is 1. The van der Waals surface area contributed by atoms with E-state index in [4.69, 9.17) is 4.84 Å². The van der Waals surface area contributed by atoms with Gasteiger partial charge in [0.05, 0.1) is 12.6 Å². The third-order valence-electron chi connectivity index (χ3n) is 2.55. The van der Waals surface area contributed by atoms with Crippen LogP contribution in [0.3, 0.4) is 0 Å². The monoisotopic (exact) mass is 142 g/mol. The van der Waals surface area contributed by atoms with Crippen molar-refractivity contribution in [3.63, 3.8) is 0 Å². The second-order valence-electron chi connectivity index (χ2n) is 3.39. The number of likely N-dealkylation sites (N-methyl/N-ethyl adjacent to an activating group) is 2. The summed E-state index contributed by atoms with van der Waals surface area (Å²) in [7, 11) is 4.20. The van der Waals surface area contributed by atoms with Gasteiger partial charge in [0.2, 0.25) is 0 Å². The van der Waals surface area contributed by atoms with Crippen LogP contribution < -0.4 is 0 Å². The third-order valence-corrected chi connectivity index (χ3v) is 2.55. The lowest BCUT2D eigenvalue weighted by Crippen LogP contribution is -2.29. The highest BCUT2D eigenvalue weighted by Crippen LogP contribution is 2.26. The lowest BCUT2D eigenvalue weighted by molar-refractivity contribution is -0.112. The summed E-state index contributed by atoms with van der Waals surface area (Å²) in [6.07, 6.45) is 0. The molecule has 2 saturated heterocycles. The van der Waals surface area contributed by atoms with Gasteiger partial charge >= 0.3 is 0 Å². The minimum atomic E-state index is 0.657. The van der Waals surface area contributed by atoms with Gasteiger partial charge in [-0.05, 0) is 7.05 Å². The summed E-state index contributed by atoms with van der Waals surface area (Å²) in [5.74, 6) is 0.759. The first-order valence-electron chi connectivity index (χ1n) is 3.81. The quantitative estimate of drug-likeness (QED) is 0.465. The van der Waals surface area contributed by atoms with E-state index in [0.29, 0.717) is 6.04 Å². The Bertz CT molecular complexity index is 140. The summed E-state index contributed by atoms with van der Waals surface area (Å²) in [6.45, 7) is 3.29. The van der Waals surface area contributed by atoms with Crippen molar-refractivity contribution >= 4 is 0 Å². The summed E-state index contributed by atoms with van der Waals surface area (Å²) < 4.78 is 0. The fraction of sp³-hybridized carbons (Fsp3) is 1.00. The van der Waals surface area contributed by atoms with Gasteiger partial charge in [-0.3, -0.25) is 4.84 Å². The van der Waals surface area contributed by atoms with E-state index in [9.17, 15) is 0 Å². The normalized spacial score (nSPS) is 42.6. The first-order valence-corrected chi connectivity index (χ1v) is 3.81. The topological polar surface area (TPSA) is 15.7 Å². The fourth-order valence-corrected chi connectivity index (χ4v) is 1.95. The smallest absolute Gasteiger partial charge is 0.0741 e.